The number of amides is 1. The molecule has 0 aliphatic heterocycles. The first-order chi connectivity index (χ1) is 7.93. The molecule has 0 saturated heterocycles. The minimum atomic E-state index is 0.00590. The molecule has 0 saturated carbocycles. The molecule has 0 spiro atoms. The lowest BCUT2D eigenvalue weighted by Crippen LogP contribution is -2.14. The van der Waals surface area contributed by atoms with Gasteiger partial charge >= 0.3 is 0 Å². The van der Waals surface area contributed by atoms with Gasteiger partial charge in [-0.15, -0.1) is 0 Å². The molecule has 0 heterocycles. The number of rotatable bonds is 3. The molecule has 0 aromatic heterocycles. The van der Waals surface area contributed by atoms with Gasteiger partial charge in [0.2, 0.25) is 5.91 Å². The second-order valence-corrected chi connectivity index (χ2v) is 5.36. The third-order valence-corrected chi connectivity index (χ3v) is 4.61. The van der Waals surface area contributed by atoms with E-state index in [0.717, 1.165) is 32.2 Å². The Hall–Kier alpha value is -0.550. The second-order valence-electron chi connectivity index (χ2n) is 3.78. The molecule has 0 fully saturated rings. The van der Waals surface area contributed by atoms with Crippen LogP contribution in [0.15, 0.2) is 8.95 Å². The van der Waals surface area contributed by atoms with Crippen molar-refractivity contribution in [1.29, 1.82) is 0 Å². The Labute approximate surface area is 118 Å². The molecule has 0 radical (unpaired) electrons. The zero-order chi connectivity index (χ0) is 13.2. The summed E-state index contributed by atoms with van der Waals surface area (Å²) in [7, 11) is 0. The van der Waals surface area contributed by atoms with Gasteiger partial charge in [-0.25, -0.2) is 0 Å². The van der Waals surface area contributed by atoms with E-state index in [1.54, 1.807) is 0 Å². The van der Waals surface area contributed by atoms with E-state index in [2.05, 4.69) is 37.2 Å². The van der Waals surface area contributed by atoms with Gasteiger partial charge < -0.3 is 11.1 Å². The second kappa shape index (κ2) is 5.87. The van der Waals surface area contributed by atoms with E-state index in [4.69, 9.17) is 5.73 Å². The third-order valence-electron chi connectivity index (χ3n) is 2.68. The minimum absolute atomic E-state index is 0.00590. The largest absolute Gasteiger partial charge is 0.397 e. The van der Waals surface area contributed by atoms with Crippen molar-refractivity contribution in [3.8, 4) is 0 Å². The van der Waals surface area contributed by atoms with E-state index in [1.165, 1.54) is 0 Å². The highest BCUT2D eigenvalue weighted by Crippen LogP contribution is 2.40. The maximum Gasteiger partial charge on any atom is 0.224 e. The van der Waals surface area contributed by atoms with Crippen molar-refractivity contribution in [2.75, 3.05) is 11.1 Å². The molecular formula is C12H16Br2N2O. The number of halogens is 2. The van der Waals surface area contributed by atoms with Gasteiger partial charge in [0, 0.05) is 21.1 Å². The number of anilines is 2. The van der Waals surface area contributed by atoms with Crippen LogP contribution in [-0.4, -0.2) is 5.91 Å². The van der Waals surface area contributed by atoms with Gasteiger partial charge in [-0.05, 0) is 56.3 Å². The Morgan fingerprint density at radius 3 is 2.35 bits per heavy atom. The molecule has 3 N–H and O–H groups in total. The molecule has 1 aromatic rings. The third kappa shape index (κ3) is 2.83. The molecule has 0 aliphatic rings. The van der Waals surface area contributed by atoms with Crippen LogP contribution in [0.1, 0.15) is 31.4 Å². The summed E-state index contributed by atoms with van der Waals surface area (Å²) in [6, 6.07) is 0. The monoisotopic (exact) mass is 362 g/mol. The molecule has 94 valence electrons. The number of hydrogen-bond acceptors (Lipinski definition) is 2. The number of hydrogen-bond donors (Lipinski definition) is 2. The summed E-state index contributed by atoms with van der Waals surface area (Å²) in [5.74, 6) is 0.00590. The van der Waals surface area contributed by atoms with Crippen LogP contribution in [0.4, 0.5) is 11.4 Å². The van der Waals surface area contributed by atoms with Crippen LogP contribution in [0.5, 0.6) is 0 Å². The quantitative estimate of drug-likeness (QED) is 0.797. The van der Waals surface area contributed by atoms with E-state index in [1.807, 2.05) is 20.8 Å². The van der Waals surface area contributed by atoms with E-state index in [9.17, 15) is 4.79 Å². The first-order valence-electron chi connectivity index (χ1n) is 5.49. The van der Waals surface area contributed by atoms with Crippen molar-refractivity contribution in [3.63, 3.8) is 0 Å². The number of nitrogen functional groups attached to an aromatic ring is 1. The molecule has 0 bridgehead atoms. The van der Waals surface area contributed by atoms with Gasteiger partial charge in [0.1, 0.15) is 0 Å². The average molecular weight is 364 g/mol. The highest BCUT2D eigenvalue weighted by Gasteiger charge is 2.17. The maximum atomic E-state index is 11.5. The minimum Gasteiger partial charge on any atom is -0.397 e. The van der Waals surface area contributed by atoms with Gasteiger partial charge in [0.25, 0.3) is 0 Å². The standard InChI is InChI=1S/C12H16Br2N2O/c1-4-7-10(14)11(15)9(13)6(3)12(7)16-8(17)5-2/h4-5,15H2,1-3H3,(H,16,17). The zero-order valence-corrected chi connectivity index (χ0v) is 13.3. The molecule has 17 heavy (non-hydrogen) atoms. The first-order valence-corrected chi connectivity index (χ1v) is 7.08. The smallest absolute Gasteiger partial charge is 0.224 e. The Balaban J connectivity index is 3.41. The predicted octanol–water partition coefficient (Wildman–Crippen LogP) is 4.01. The van der Waals surface area contributed by atoms with Gasteiger partial charge in [0.05, 0.1) is 5.69 Å². The van der Waals surface area contributed by atoms with E-state index in [0.29, 0.717) is 12.1 Å². The average Bonchev–Trinajstić information content (AvgIpc) is 2.33. The number of benzene rings is 1. The lowest BCUT2D eigenvalue weighted by Gasteiger charge is -2.18. The SMILES string of the molecule is CCC(=O)Nc1c(C)c(Br)c(N)c(Br)c1CC. The summed E-state index contributed by atoms with van der Waals surface area (Å²) in [6.45, 7) is 5.81. The fourth-order valence-corrected chi connectivity index (χ4v) is 2.98. The molecule has 1 aromatic carbocycles. The van der Waals surface area contributed by atoms with Gasteiger partial charge in [-0.2, -0.15) is 0 Å². The summed E-state index contributed by atoms with van der Waals surface area (Å²) in [5, 5.41) is 2.93. The summed E-state index contributed by atoms with van der Waals surface area (Å²) in [6.07, 6.45) is 1.26. The lowest BCUT2D eigenvalue weighted by molar-refractivity contribution is -0.115. The summed E-state index contributed by atoms with van der Waals surface area (Å²) >= 11 is 6.93. The molecule has 5 heteroatoms. The van der Waals surface area contributed by atoms with Crippen LogP contribution in [0.25, 0.3) is 0 Å². The predicted molar refractivity (Wildman–Crippen MR) is 79.3 cm³/mol. The van der Waals surface area contributed by atoms with E-state index < -0.39 is 0 Å². The lowest BCUT2D eigenvalue weighted by atomic mass is 10.0. The molecule has 0 unspecified atom stereocenters. The van der Waals surface area contributed by atoms with Gasteiger partial charge in [-0.1, -0.05) is 13.8 Å². The fourth-order valence-electron chi connectivity index (χ4n) is 1.64. The van der Waals surface area contributed by atoms with Crippen molar-refractivity contribution in [3.05, 3.63) is 20.1 Å². The summed E-state index contributed by atoms with van der Waals surface area (Å²) in [4.78, 5) is 11.5. The highest BCUT2D eigenvalue weighted by atomic mass is 79.9. The van der Waals surface area contributed by atoms with E-state index >= 15 is 0 Å². The van der Waals surface area contributed by atoms with Crippen molar-refractivity contribution >= 4 is 49.1 Å². The molecule has 3 nitrogen and oxygen atoms in total. The Bertz CT molecular complexity index is 459. The van der Waals surface area contributed by atoms with Crippen LogP contribution < -0.4 is 11.1 Å². The fraction of sp³-hybridized carbons (Fsp3) is 0.417. The molecule has 0 atom stereocenters. The normalized spacial score (nSPS) is 10.4. The Kier molecular flexibility index (Phi) is 5.01. The van der Waals surface area contributed by atoms with Crippen LogP contribution in [-0.2, 0) is 11.2 Å². The topological polar surface area (TPSA) is 55.1 Å². The van der Waals surface area contributed by atoms with Crippen LogP contribution >= 0.6 is 31.9 Å². The van der Waals surface area contributed by atoms with Gasteiger partial charge in [0.15, 0.2) is 0 Å². The zero-order valence-electron chi connectivity index (χ0n) is 10.2. The van der Waals surface area contributed by atoms with Crippen LogP contribution in [0.2, 0.25) is 0 Å². The molecule has 1 amide bonds. The van der Waals surface area contributed by atoms with E-state index in [-0.39, 0.29) is 5.91 Å². The molecule has 1 rings (SSSR count). The van der Waals surface area contributed by atoms with Crippen molar-refractivity contribution < 1.29 is 4.79 Å². The van der Waals surface area contributed by atoms with Crippen LogP contribution in [0, 0.1) is 6.92 Å². The number of nitrogens with two attached hydrogens (primary N) is 1. The Morgan fingerprint density at radius 2 is 1.88 bits per heavy atom. The summed E-state index contributed by atoms with van der Waals surface area (Å²) in [5.41, 5.74) is 9.51. The van der Waals surface area contributed by atoms with Crippen LogP contribution in [0.3, 0.4) is 0 Å². The number of carbonyl (C=O) groups excluding carboxylic acids is 1. The first kappa shape index (κ1) is 14.5. The van der Waals surface area contributed by atoms with Crippen molar-refractivity contribution in [2.24, 2.45) is 0 Å². The molecular weight excluding hydrogens is 348 g/mol. The summed E-state index contributed by atoms with van der Waals surface area (Å²) < 4.78 is 1.68. The molecule has 0 aliphatic carbocycles. The van der Waals surface area contributed by atoms with Crippen molar-refractivity contribution in [2.45, 2.75) is 33.6 Å². The highest BCUT2D eigenvalue weighted by molar-refractivity contribution is 9.11. The van der Waals surface area contributed by atoms with Crippen molar-refractivity contribution in [1.82, 2.24) is 0 Å². The maximum absolute atomic E-state index is 11.5. The van der Waals surface area contributed by atoms with Gasteiger partial charge in [-0.3, -0.25) is 4.79 Å². The number of carbonyl (C=O) groups is 1. The Morgan fingerprint density at radius 1 is 1.29 bits per heavy atom. The number of nitrogens with one attached hydrogen (secondary N) is 1.